The van der Waals surface area contributed by atoms with E-state index >= 15 is 0 Å². The molecule has 2 aromatic rings. The molecule has 1 heterocycles. The van der Waals surface area contributed by atoms with Crippen molar-refractivity contribution < 1.29 is 23.7 Å². The van der Waals surface area contributed by atoms with Crippen molar-refractivity contribution >= 4 is 23.7 Å². The molecule has 2 rings (SSSR count). The Morgan fingerprint density at radius 2 is 1.81 bits per heavy atom. The third-order valence-electron chi connectivity index (χ3n) is 3.59. The minimum Gasteiger partial charge on any atom is -0.454 e. The summed E-state index contributed by atoms with van der Waals surface area (Å²) in [5.41, 5.74) is 1.54. The fourth-order valence-electron chi connectivity index (χ4n) is 2.10. The summed E-state index contributed by atoms with van der Waals surface area (Å²) in [6.45, 7) is 5.83. The van der Waals surface area contributed by atoms with Gasteiger partial charge in [0.25, 0.3) is 0 Å². The van der Waals surface area contributed by atoms with Gasteiger partial charge in [0.05, 0.1) is 6.07 Å². The molecule has 0 aliphatic carbocycles. The van der Waals surface area contributed by atoms with Crippen LogP contribution in [-0.4, -0.2) is 23.3 Å². The van der Waals surface area contributed by atoms with E-state index < -0.39 is 23.4 Å². The van der Waals surface area contributed by atoms with Gasteiger partial charge in [-0.1, -0.05) is 45.0 Å². The van der Waals surface area contributed by atoms with Gasteiger partial charge in [-0.25, -0.2) is 4.79 Å². The molecule has 0 N–H and O–H groups in total. The highest BCUT2D eigenvalue weighted by Crippen LogP contribution is 2.22. The number of hydrogen-bond acceptors (Lipinski definition) is 6. The Morgan fingerprint density at radius 1 is 1.15 bits per heavy atom. The zero-order valence-electron chi connectivity index (χ0n) is 14.7. The van der Waals surface area contributed by atoms with Gasteiger partial charge in [0.15, 0.2) is 12.4 Å². The summed E-state index contributed by atoms with van der Waals surface area (Å²) in [6, 6.07) is 9.68. The molecule has 0 aliphatic heterocycles. The Hall–Kier alpha value is -3.22. The average Bonchev–Trinajstić information content (AvgIpc) is 3.06. The first-order chi connectivity index (χ1) is 12.2. The monoisotopic (exact) mass is 357 g/mol. The van der Waals surface area contributed by atoms with Crippen LogP contribution in [0.3, 0.4) is 0 Å². The van der Waals surface area contributed by atoms with E-state index in [0.717, 1.165) is 11.6 Å². The molecule has 0 spiro atoms. The SMILES string of the molecule is CC(C)(C)c1ccc(C(=O)COC(=O)/C=C/c2ccc([N+](=O)[O-])o2)cc1. The normalized spacial score (nSPS) is 11.5. The number of nitrogens with zero attached hydrogens (tertiary/aromatic N) is 1. The highest BCUT2D eigenvalue weighted by atomic mass is 16.6. The molecule has 0 fully saturated rings. The Morgan fingerprint density at radius 3 is 2.35 bits per heavy atom. The number of carbonyl (C=O) groups excluding carboxylic acids is 2. The summed E-state index contributed by atoms with van der Waals surface area (Å²) >= 11 is 0. The molecule has 1 aromatic carbocycles. The lowest BCUT2D eigenvalue weighted by atomic mass is 9.86. The number of ether oxygens (including phenoxy) is 1. The van der Waals surface area contributed by atoms with Crippen LogP contribution in [0.5, 0.6) is 0 Å². The summed E-state index contributed by atoms with van der Waals surface area (Å²) in [6.07, 6.45) is 2.27. The maximum atomic E-state index is 12.1. The molecule has 7 heteroatoms. The van der Waals surface area contributed by atoms with Gasteiger partial charge in [-0.2, -0.15) is 0 Å². The molecule has 0 bridgehead atoms. The molecule has 0 saturated carbocycles. The highest BCUT2D eigenvalue weighted by Gasteiger charge is 2.15. The van der Waals surface area contributed by atoms with E-state index in [0.29, 0.717) is 5.56 Å². The van der Waals surface area contributed by atoms with Gasteiger partial charge in [0.1, 0.15) is 10.7 Å². The van der Waals surface area contributed by atoms with Gasteiger partial charge in [0, 0.05) is 11.6 Å². The predicted molar refractivity (Wildman–Crippen MR) is 94.8 cm³/mol. The fraction of sp³-hybridized carbons (Fsp3) is 0.263. The van der Waals surface area contributed by atoms with Gasteiger partial charge in [-0.3, -0.25) is 14.9 Å². The first-order valence-corrected chi connectivity index (χ1v) is 7.89. The van der Waals surface area contributed by atoms with Gasteiger partial charge >= 0.3 is 11.9 Å². The summed E-state index contributed by atoms with van der Waals surface area (Å²) in [4.78, 5) is 33.5. The van der Waals surface area contributed by atoms with Crippen LogP contribution in [0.4, 0.5) is 5.88 Å². The first-order valence-electron chi connectivity index (χ1n) is 7.89. The van der Waals surface area contributed by atoms with E-state index in [1.54, 1.807) is 12.1 Å². The number of Topliss-reactive ketones (excluding diaryl/α,β-unsaturated/α-hetero) is 1. The third-order valence-corrected chi connectivity index (χ3v) is 3.59. The molecular weight excluding hydrogens is 338 g/mol. The molecule has 0 aliphatic rings. The lowest BCUT2D eigenvalue weighted by molar-refractivity contribution is -0.402. The molecule has 136 valence electrons. The quantitative estimate of drug-likeness (QED) is 0.255. The zero-order chi connectivity index (χ0) is 19.3. The van der Waals surface area contributed by atoms with Crippen molar-refractivity contribution in [3.63, 3.8) is 0 Å². The molecule has 0 amide bonds. The number of ketones is 1. The van der Waals surface area contributed by atoms with Crippen LogP contribution in [0.2, 0.25) is 0 Å². The summed E-state index contributed by atoms with van der Waals surface area (Å²) in [5.74, 6) is -1.35. The standard InChI is InChI=1S/C19H19NO6/c1-19(2,3)14-6-4-13(5-7-14)16(21)12-25-18(22)11-9-15-8-10-17(26-15)20(23)24/h4-11H,12H2,1-3H3/b11-9+. The molecule has 0 atom stereocenters. The van der Waals surface area contributed by atoms with Crippen LogP contribution in [0, 0.1) is 10.1 Å². The Balaban J connectivity index is 1.89. The van der Waals surface area contributed by atoms with Crippen molar-refractivity contribution in [3.05, 3.63) is 69.5 Å². The fourth-order valence-corrected chi connectivity index (χ4v) is 2.10. The van der Waals surface area contributed by atoms with E-state index in [2.05, 4.69) is 20.8 Å². The zero-order valence-corrected chi connectivity index (χ0v) is 14.7. The number of rotatable bonds is 6. The van der Waals surface area contributed by atoms with Crippen LogP contribution in [-0.2, 0) is 14.9 Å². The number of hydrogen-bond donors (Lipinski definition) is 0. The minimum atomic E-state index is -0.747. The molecule has 0 saturated heterocycles. The third kappa shape index (κ3) is 5.14. The average molecular weight is 357 g/mol. The summed E-state index contributed by atoms with van der Waals surface area (Å²) in [7, 11) is 0. The topological polar surface area (TPSA) is 99.7 Å². The van der Waals surface area contributed by atoms with Gasteiger partial charge in [-0.15, -0.1) is 0 Å². The maximum Gasteiger partial charge on any atom is 0.433 e. The van der Waals surface area contributed by atoms with Crippen LogP contribution in [0.1, 0.15) is 42.5 Å². The molecule has 0 unspecified atom stereocenters. The second kappa shape index (κ2) is 7.77. The van der Waals surface area contributed by atoms with Crippen molar-refractivity contribution in [1.29, 1.82) is 0 Å². The Kier molecular flexibility index (Phi) is 5.71. The molecule has 7 nitrogen and oxygen atoms in total. The molecular formula is C19H19NO6. The van der Waals surface area contributed by atoms with E-state index in [9.17, 15) is 19.7 Å². The van der Waals surface area contributed by atoms with Gasteiger partial charge in [-0.05, 0) is 23.1 Å². The van der Waals surface area contributed by atoms with Crippen molar-refractivity contribution in [3.8, 4) is 0 Å². The second-order valence-corrected chi connectivity index (χ2v) is 6.62. The van der Waals surface area contributed by atoms with Gasteiger partial charge in [0.2, 0.25) is 0 Å². The van der Waals surface area contributed by atoms with Crippen LogP contribution >= 0.6 is 0 Å². The number of nitro groups is 1. The predicted octanol–water partition coefficient (Wildman–Crippen LogP) is 3.92. The van der Waals surface area contributed by atoms with E-state index in [4.69, 9.17) is 9.15 Å². The number of benzene rings is 1. The van der Waals surface area contributed by atoms with Crippen molar-refractivity contribution in [1.82, 2.24) is 0 Å². The molecule has 26 heavy (non-hydrogen) atoms. The summed E-state index contributed by atoms with van der Waals surface area (Å²) in [5, 5.41) is 10.5. The second-order valence-electron chi connectivity index (χ2n) is 6.62. The molecule has 0 radical (unpaired) electrons. The number of esters is 1. The van der Waals surface area contributed by atoms with Crippen molar-refractivity contribution in [2.75, 3.05) is 6.61 Å². The first kappa shape index (κ1) is 19.1. The van der Waals surface area contributed by atoms with Crippen molar-refractivity contribution in [2.45, 2.75) is 26.2 Å². The largest absolute Gasteiger partial charge is 0.454 e. The van der Waals surface area contributed by atoms with E-state index in [-0.39, 0.29) is 17.0 Å². The summed E-state index contributed by atoms with van der Waals surface area (Å²) < 4.78 is 9.75. The van der Waals surface area contributed by atoms with Crippen molar-refractivity contribution in [2.24, 2.45) is 0 Å². The van der Waals surface area contributed by atoms with Crippen LogP contribution < -0.4 is 0 Å². The smallest absolute Gasteiger partial charge is 0.433 e. The Bertz CT molecular complexity index is 840. The lowest BCUT2D eigenvalue weighted by Crippen LogP contribution is -2.14. The van der Waals surface area contributed by atoms with Crippen LogP contribution in [0.15, 0.2) is 46.9 Å². The highest BCUT2D eigenvalue weighted by molar-refractivity contribution is 5.98. The number of carbonyl (C=O) groups is 2. The number of furan rings is 1. The maximum absolute atomic E-state index is 12.1. The van der Waals surface area contributed by atoms with Gasteiger partial charge < -0.3 is 9.15 Å². The van der Waals surface area contributed by atoms with E-state index in [1.165, 1.54) is 18.2 Å². The minimum absolute atomic E-state index is 0.0141. The molecule has 1 aromatic heterocycles. The lowest BCUT2D eigenvalue weighted by Gasteiger charge is -2.18. The van der Waals surface area contributed by atoms with Crippen LogP contribution in [0.25, 0.3) is 6.08 Å². The van der Waals surface area contributed by atoms with E-state index in [1.807, 2.05) is 12.1 Å². The Labute approximate surface area is 150 Å².